The Kier molecular flexibility index (Phi) is 2.42. The van der Waals surface area contributed by atoms with Crippen molar-refractivity contribution in [1.29, 1.82) is 0 Å². The normalized spacial score (nSPS) is 27.0. The van der Waals surface area contributed by atoms with Gasteiger partial charge in [-0.1, -0.05) is 24.2 Å². The number of para-hydroxylation sites is 1. The third kappa shape index (κ3) is 2.24. The Morgan fingerprint density at radius 3 is 2.93 bits per heavy atom. The molecule has 1 fully saturated rings. The van der Waals surface area contributed by atoms with E-state index >= 15 is 0 Å². The van der Waals surface area contributed by atoms with Gasteiger partial charge in [0, 0.05) is 30.1 Å². The smallest absolute Gasteiger partial charge is 0.245 e. The molecule has 4 heterocycles. The molecule has 7 nitrogen and oxygen atoms in total. The molecule has 3 aliphatic heterocycles. The van der Waals surface area contributed by atoms with Gasteiger partial charge in [-0.05, 0) is 29.3 Å². The van der Waals surface area contributed by atoms with E-state index in [0.29, 0.717) is 5.69 Å². The van der Waals surface area contributed by atoms with E-state index in [1.165, 1.54) is 7.05 Å². The minimum atomic E-state index is -2.61. The molecule has 1 aromatic heterocycles. The number of aromatic amines is 1. The number of amides is 2. The molecule has 7 heteroatoms. The average molecular weight is 394 g/mol. The van der Waals surface area contributed by atoms with Crippen molar-refractivity contribution in [1.82, 2.24) is 14.8 Å². The van der Waals surface area contributed by atoms with Gasteiger partial charge in [0.1, 0.15) is 6.04 Å². The Morgan fingerprint density at radius 2 is 2.03 bits per heavy atom. The summed E-state index contributed by atoms with van der Waals surface area (Å²) in [6, 6.07) is 4.35. The molecule has 2 amide bonds. The molecular formula is C22H19N3O4. The molecule has 146 valence electrons. The van der Waals surface area contributed by atoms with Crippen LogP contribution in [0.25, 0.3) is 10.9 Å². The average Bonchev–Trinajstić information content (AvgIpc) is 3.45. The molecule has 0 spiro atoms. The molecule has 2 atom stereocenters. The summed E-state index contributed by atoms with van der Waals surface area (Å²) in [5, 5.41) is 0.837. The minimum absolute atomic E-state index is 0.00769. The van der Waals surface area contributed by atoms with Crippen LogP contribution in [-0.2, 0) is 16.0 Å². The van der Waals surface area contributed by atoms with Crippen LogP contribution in [0.15, 0.2) is 42.4 Å². The van der Waals surface area contributed by atoms with Gasteiger partial charge in [0.25, 0.3) is 0 Å². The number of ether oxygens (including phenoxy) is 2. The van der Waals surface area contributed by atoms with E-state index in [0.717, 1.165) is 26.3 Å². The van der Waals surface area contributed by atoms with E-state index in [4.69, 9.17) is 16.3 Å². The molecule has 0 bridgehead atoms. The third-order valence-electron chi connectivity index (χ3n) is 5.69. The molecule has 3 aliphatic rings. The van der Waals surface area contributed by atoms with Crippen LogP contribution in [0.1, 0.15) is 29.7 Å². The van der Waals surface area contributed by atoms with Crippen LogP contribution in [-0.4, -0.2) is 53.0 Å². The van der Waals surface area contributed by atoms with Crippen molar-refractivity contribution in [2.24, 2.45) is 0 Å². The highest BCUT2D eigenvalue weighted by Crippen LogP contribution is 2.44. The summed E-state index contributed by atoms with van der Waals surface area (Å²) in [5.74, 6) is -1.54. The number of fused-ring (bicyclic) bond motifs is 5. The van der Waals surface area contributed by atoms with Crippen molar-refractivity contribution in [3.8, 4) is 11.5 Å². The van der Waals surface area contributed by atoms with Crippen LogP contribution in [0.3, 0.4) is 0 Å². The Balaban J connectivity index is 1.69. The van der Waals surface area contributed by atoms with Gasteiger partial charge in [-0.3, -0.25) is 9.59 Å². The summed E-state index contributed by atoms with van der Waals surface area (Å²) in [7, 11) is 1.26. The second kappa shape index (κ2) is 5.76. The fraction of sp³-hybridized carbons (Fsp3) is 0.273. The van der Waals surface area contributed by atoms with Crippen molar-refractivity contribution in [3.63, 3.8) is 0 Å². The van der Waals surface area contributed by atoms with Crippen molar-refractivity contribution >= 4 is 22.7 Å². The Morgan fingerprint density at radius 1 is 1.21 bits per heavy atom. The van der Waals surface area contributed by atoms with Crippen LogP contribution in [0.5, 0.6) is 11.5 Å². The number of carbonyl (C=O) groups excluding carboxylic acids is 2. The summed E-state index contributed by atoms with van der Waals surface area (Å²) >= 11 is 0. The largest absolute Gasteiger partial charge is 0.454 e. The fourth-order valence-electron chi connectivity index (χ4n) is 4.39. The standard InChI is InChI=1S/C22H19N3O4/c1-24-10-19(26)25-16(22(24)27)9-14-13-4-2-3-5-15(13)23-20(14)21(25)12-6-7-17-18(8-12)29-11-28-17/h2-8,16,21,23H,9-11H2,1H3/t16-,21?/m1/s1/i6D,7D,8D,10D2. The lowest BCUT2D eigenvalue weighted by Gasteiger charge is -2.46. The molecule has 3 aromatic rings. The lowest BCUT2D eigenvalue weighted by molar-refractivity contribution is -0.157. The van der Waals surface area contributed by atoms with E-state index in [2.05, 4.69) is 4.98 Å². The number of hydrogen-bond acceptors (Lipinski definition) is 4. The van der Waals surface area contributed by atoms with Crippen molar-refractivity contribution in [2.75, 3.05) is 20.3 Å². The van der Waals surface area contributed by atoms with E-state index < -0.39 is 30.4 Å². The molecule has 0 radical (unpaired) electrons. The number of carbonyl (C=O) groups is 2. The number of hydrogen-bond donors (Lipinski definition) is 1. The Labute approximate surface area is 173 Å². The van der Waals surface area contributed by atoms with Gasteiger partial charge in [0.2, 0.25) is 18.6 Å². The molecule has 0 aliphatic carbocycles. The number of H-pyrrole nitrogens is 1. The Hall–Kier alpha value is -3.48. The first-order chi connectivity index (χ1) is 16.1. The monoisotopic (exact) mass is 394 g/mol. The van der Waals surface area contributed by atoms with Crippen molar-refractivity contribution < 1.29 is 25.9 Å². The highest BCUT2D eigenvalue weighted by Gasteiger charge is 2.47. The predicted octanol–water partition coefficient (Wildman–Crippen LogP) is 2.21. The zero-order chi connectivity index (χ0) is 24.1. The molecule has 2 aromatic carbocycles. The zero-order valence-electron chi connectivity index (χ0n) is 20.4. The van der Waals surface area contributed by atoms with E-state index in [1.54, 1.807) is 0 Å². The number of nitrogens with zero attached hydrogens (tertiary/aromatic N) is 2. The highest BCUT2D eigenvalue weighted by atomic mass is 16.7. The maximum Gasteiger partial charge on any atom is 0.245 e. The maximum absolute atomic E-state index is 13.5. The summed E-state index contributed by atoms with van der Waals surface area (Å²) in [6.45, 7) is -2.81. The van der Waals surface area contributed by atoms with E-state index in [1.807, 2.05) is 24.3 Å². The molecule has 29 heavy (non-hydrogen) atoms. The molecule has 1 saturated heterocycles. The molecule has 0 saturated carbocycles. The number of benzene rings is 2. The zero-order valence-corrected chi connectivity index (χ0v) is 15.4. The van der Waals surface area contributed by atoms with Gasteiger partial charge < -0.3 is 24.3 Å². The summed E-state index contributed by atoms with van der Waals surface area (Å²) in [4.78, 5) is 32.0. The molecular weight excluding hydrogens is 370 g/mol. The van der Waals surface area contributed by atoms with Gasteiger partial charge in [-0.15, -0.1) is 0 Å². The minimum Gasteiger partial charge on any atom is -0.454 e. The summed E-state index contributed by atoms with van der Waals surface area (Å²) < 4.78 is 53.2. The first-order valence-electron chi connectivity index (χ1n) is 11.7. The number of likely N-dealkylation sites (N-methyl/N-ethyl adjacent to an activating group) is 1. The number of piperazine rings is 1. The predicted molar refractivity (Wildman–Crippen MR) is 105 cm³/mol. The summed E-state index contributed by atoms with van der Waals surface area (Å²) in [5.41, 5.74) is 1.97. The highest BCUT2D eigenvalue weighted by molar-refractivity contribution is 5.97. The maximum atomic E-state index is 13.5. The van der Waals surface area contributed by atoms with Crippen LogP contribution in [0.2, 0.25) is 0 Å². The van der Waals surface area contributed by atoms with Crippen LogP contribution < -0.4 is 9.47 Å². The Bertz CT molecular complexity index is 1420. The van der Waals surface area contributed by atoms with Gasteiger partial charge in [-0.2, -0.15) is 0 Å². The first kappa shape index (κ1) is 12.2. The van der Waals surface area contributed by atoms with Gasteiger partial charge >= 0.3 is 0 Å². The molecule has 1 unspecified atom stereocenters. The fourth-order valence-corrected chi connectivity index (χ4v) is 4.39. The number of nitrogens with one attached hydrogen (secondary N) is 1. The van der Waals surface area contributed by atoms with E-state index in [-0.39, 0.29) is 48.4 Å². The lowest BCUT2D eigenvalue weighted by Crippen LogP contribution is -2.62. The topological polar surface area (TPSA) is 74.9 Å². The number of aromatic nitrogens is 1. The molecule has 1 N–H and O–H groups in total. The second-order valence-electron chi connectivity index (χ2n) is 7.26. The summed E-state index contributed by atoms with van der Waals surface area (Å²) in [6.07, 6.45) is 0.153. The SMILES string of the molecule is [2H]c1c([2H])c(C2c3[nH]c4ccccc4c3C[C@@H]3C(=O)N(C)C([2H])([2H])C(=O)N23)c([2H])c2c1OCO2. The quantitative estimate of drug-likeness (QED) is 0.687. The lowest BCUT2D eigenvalue weighted by atomic mass is 9.86. The van der Waals surface area contributed by atoms with Crippen LogP contribution in [0, 0.1) is 0 Å². The van der Waals surface area contributed by atoms with E-state index in [9.17, 15) is 9.59 Å². The van der Waals surface area contributed by atoms with Crippen molar-refractivity contribution in [3.05, 3.63) is 59.2 Å². The van der Waals surface area contributed by atoms with Crippen LogP contribution in [0.4, 0.5) is 0 Å². The van der Waals surface area contributed by atoms with Gasteiger partial charge in [0.05, 0.1) is 19.4 Å². The van der Waals surface area contributed by atoms with Crippen molar-refractivity contribution in [2.45, 2.75) is 18.5 Å². The van der Waals surface area contributed by atoms with Gasteiger partial charge in [0.15, 0.2) is 11.5 Å². The number of rotatable bonds is 1. The second-order valence-corrected chi connectivity index (χ2v) is 7.26. The first-order valence-corrected chi connectivity index (χ1v) is 9.23. The van der Waals surface area contributed by atoms with Crippen LogP contribution >= 0.6 is 0 Å². The third-order valence-corrected chi connectivity index (χ3v) is 5.69. The molecule has 6 rings (SSSR count). The van der Waals surface area contributed by atoms with Gasteiger partial charge in [-0.25, -0.2) is 0 Å².